The molecule has 6 heteroatoms. The molecular weight excluding hydrogens is 304 g/mol. The summed E-state index contributed by atoms with van der Waals surface area (Å²) >= 11 is 6.06. The van der Waals surface area contributed by atoms with Crippen molar-refractivity contribution in [1.82, 2.24) is 5.32 Å². The fraction of sp³-hybridized carbons (Fsp3) is 0.562. The normalized spacial score (nSPS) is 11.1. The number of urea groups is 1. The molecule has 0 atom stereocenters. The van der Waals surface area contributed by atoms with Gasteiger partial charge in [0.15, 0.2) is 5.75 Å². The molecule has 3 N–H and O–H groups in total. The van der Waals surface area contributed by atoms with Crippen LogP contribution in [0.3, 0.4) is 0 Å². The van der Waals surface area contributed by atoms with Crippen LogP contribution in [0, 0.1) is 5.41 Å². The lowest BCUT2D eigenvalue weighted by molar-refractivity contribution is 0.148. The minimum absolute atomic E-state index is 0.118. The summed E-state index contributed by atoms with van der Waals surface area (Å²) in [5.41, 5.74) is 0.426. The Balaban J connectivity index is 2.47. The molecule has 5 nitrogen and oxygen atoms in total. The van der Waals surface area contributed by atoms with E-state index in [1.807, 2.05) is 20.8 Å². The van der Waals surface area contributed by atoms with Crippen LogP contribution in [-0.4, -0.2) is 30.9 Å². The summed E-state index contributed by atoms with van der Waals surface area (Å²) < 4.78 is 5.45. The number of ether oxygens (including phenoxy) is 1. The molecule has 0 fully saturated rings. The average Bonchev–Trinajstić information content (AvgIpc) is 2.47. The van der Waals surface area contributed by atoms with Crippen molar-refractivity contribution < 1.29 is 14.6 Å². The van der Waals surface area contributed by atoms with E-state index in [9.17, 15) is 9.90 Å². The van der Waals surface area contributed by atoms with E-state index in [0.717, 1.165) is 12.8 Å². The molecule has 124 valence electrons. The van der Waals surface area contributed by atoms with E-state index in [0.29, 0.717) is 29.6 Å². The molecule has 0 radical (unpaired) electrons. The summed E-state index contributed by atoms with van der Waals surface area (Å²) in [6.45, 7) is 6.99. The molecule has 0 aromatic heterocycles. The van der Waals surface area contributed by atoms with E-state index >= 15 is 0 Å². The zero-order chi connectivity index (χ0) is 16.6. The second-order valence-electron chi connectivity index (χ2n) is 5.86. The Hall–Kier alpha value is -1.46. The van der Waals surface area contributed by atoms with Gasteiger partial charge in [-0.05, 0) is 37.3 Å². The summed E-state index contributed by atoms with van der Waals surface area (Å²) in [7, 11) is 0. The van der Waals surface area contributed by atoms with Gasteiger partial charge in [0.25, 0.3) is 0 Å². The third kappa shape index (κ3) is 6.12. The van der Waals surface area contributed by atoms with Crippen LogP contribution in [0.5, 0.6) is 5.75 Å². The maximum Gasteiger partial charge on any atom is 0.319 e. The van der Waals surface area contributed by atoms with Gasteiger partial charge in [-0.25, -0.2) is 4.79 Å². The number of aliphatic hydroxyl groups is 1. The zero-order valence-electron chi connectivity index (χ0n) is 13.4. The first-order chi connectivity index (χ1) is 10.4. The number of amides is 2. The lowest BCUT2D eigenvalue weighted by Crippen LogP contribution is -2.30. The zero-order valence-corrected chi connectivity index (χ0v) is 14.2. The first kappa shape index (κ1) is 18.6. The third-order valence-corrected chi connectivity index (χ3v) is 3.55. The Bertz CT molecular complexity index is 492. The van der Waals surface area contributed by atoms with Crippen LogP contribution >= 0.6 is 11.6 Å². The van der Waals surface area contributed by atoms with E-state index in [1.54, 1.807) is 18.2 Å². The van der Waals surface area contributed by atoms with Crippen molar-refractivity contribution in [3.05, 3.63) is 23.2 Å². The number of nitrogens with one attached hydrogen (secondary N) is 2. The van der Waals surface area contributed by atoms with Gasteiger partial charge in [0.05, 0.1) is 17.3 Å². The minimum Gasteiger partial charge on any atom is -0.490 e. The Morgan fingerprint density at radius 3 is 2.77 bits per heavy atom. The second-order valence-corrected chi connectivity index (χ2v) is 6.26. The standard InChI is InChI=1S/C16H25ClN2O3/c1-4-22-14-12(17)7-5-8-13(14)19-15(21)18-10-6-9-16(2,3)11-20/h5,7-8,20H,4,6,9-11H2,1-3H3,(H2,18,19,21). The molecule has 2 amide bonds. The van der Waals surface area contributed by atoms with E-state index in [-0.39, 0.29) is 18.1 Å². The number of aliphatic hydroxyl groups excluding tert-OH is 1. The van der Waals surface area contributed by atoms with Crippen molar-refractivity contribution in [2.45, 2.75) is 33.6 Å². The molecule has 0 heterocycles. The highest BCUT2D eigenvalue weighted by atomic mass is 35.5. The average molecular weight is 329 g/mol. The van der Waals surface area contributed by atoms with Crippen LogP contribution in [0.25, 0.3) is 0 Å². The van der Waals surface area contributed by atoms with E-state index < -0.39 is 0 Å². The summed E-state index contributed by atoms with van der Waals surface area (Å²) in [4.78, 5) is 11.9. The number of hydrogen-bond donors (Lipinski definition) is 3. The van der Waals surface area contributed by atoms with Crippen molar-refractivity contribution in [1.29, 1.82) is 0 Å². The summed E-state index contributed by atoms with van der Waals surface area (Å²) in [5, 5.41) is 15.2. The topological polar surface area (TPSA) is 70.6 Å². The quantitative estimate of drug-likeness (QED) is 0.638. The van der Waals surface area contributed by atoms with E-state index in [2.05, 4.69) is 10.6 Å². The van der Waals surface area contributed by atoms with Crippen LogP contribution in [0.2, 0.25) is 5.02 Å². The molecule has 0 aliphatic carbocycles. The van der Waals surface area contributed by atoms with Crippen molar-refractivity contribution in [2.75, 3.05) is 25.1 Å². The monoisotopic (exact) mass is 328 g/mol. The molecule has 0 spiro atoms. The summed E-state index contributed by atoms with van der Waals surface area (Å²) in [5.74, 6) is 0.475. The molecule has 22 heavy (non-hydrogen) atoms. The molecule has 0 saturated heterocycles. The number of carbonyl (C=O) groups excluding carboxylic acids is 1. The van der Waals surface area contributed by atoms with E-state index in [4.69, 9.17) is 16.3 Å². The fourth-order valence-electron chi connectivity index (χ4n) is 1.91. The largest absolute Gasteiger partial charge is 0.490 e. The van der Waals surface area contributed by atoms with Gasteiger partial charge in [-0.3, -0.25) is 0 Å². The predicted molar refractivity (Wildman–Crippen MR) is 89.7 cm³/mol. The lowest BCUT2D eigenvalue weighted by Gasteiger charge is -2.21. The Morgan fingerprint density at radius 2 is 2.14 bits per heavy atom. The molecule has 1 aromatic rings. The van der Waals surface area contributed by atoms with Gasteiger partial charge in [0.2, 0.25) is 0 Å². The van der Waals surface area contributed by atoms with Gasteiger partial charge < -0.3 is 20.5 Å². The fourth-order valence-corrected chi connectivity index (χ4v) is 2.14. The highest BCUT2D eigenvalue weighted by Gasteiger charge is 2.16. The number of anilines is 1. The highest BCUT2D eigenvalue weighted by Crippen LogP contribution is 2.32. The van der Waals surface area contributed by atoms with Crippen molar-refractivity contribution in [3.63, 3.8) is 0 Å². The van der Waals surface area contributed by atoms with Crippen LogP contribution in [0.4, 0.5) is 10.5 Å². The van der Waals surface area contributed by atoms with Gasteiger partial charge >= 0.3 is 6.03 Å². The molecule has 0 unspecified atom stereocenters. The second kappa shape index (κ2) is 8.86. The van der Waals surface area contributed by atoms with Crippen molar-refractivity contribution in [3.8, 4) is 5.75 Å². The molecule has 1 rings (SSSR count). The highest BCUT2D eigenvalue weighted by molar-refractivity contribution is 6.32. The lowest BCUT2D eigenvalue weighted by atomic mass is 9.89. The van der Waals surface area contributed by atoms with Gasteiger partial charge in [-0.15, -0.1) is 0 Å². The molecule has 0 saturated carbocycles. The molecular formula is C16H25ClN2O3. The van der Waals surface area contributed by atoms with Crippen LogP contribution in [0.15, 0.2) is 18.2 Å². The maximum absolute atomic E-state index is 11.9. The number of benzene rings is 1. The number of halogens is 1. The molecule has 0 aliphatic rings. The van der Waals surface area contributed by atoms with Gasteiger partial charge in [-0.2, -0.15) is 0 Å². The number of hydrogen-bond acceptors (Lipinski definition) is 3. The number of para-hydroxylation sites is 1. The SMILES string of the molecule is CCOc1c(Cl)cccc1NC(=O)NCCCC(C)(C)CO. The number of rotatable bonds is 8. The maximum atomic E-state index is 11.9. The van der Waals surface area contributed by atoms with Crippen molar-refractivity contribution >= 4 is 23.3 Å². The van der Waals surface area contributed by atoms with Crippen LogP contribution in [0.1, 0.15) is 33.6 Å². The van der Waals surface area contributed by atoms with Crippen LogP contribution in [-0.2, 0) is 0 Å². The number of carbonyl (C=O) groups is 1. The molecule has 0 bridgehead atoms. The van der Waals surface area contributed by atoms with Gasteiger partial charge in [0.1, 0.15) is 0 Å². The van der Waals surface area contributed by atoms with Crippen molar-refractivity contribution in [2.24, 2.45) is 5.41 Å². The van der Waals surface area contributed by atoms with Gasteiger partial charge in [-0.1, -0.05) is 31.5 Å². The smallest absolute Gasteiger partial charge is 0.319 e. The Morgan fingerprint density at radius 1 is 1.41 bits per heavy atom. The third-order valence-electron chi connectivity index (χ3n) is 3.25. The Labute approximate surface area is 137 Å². The first-order valence-electron chi connectivity index (χ1n) is 7.46. The summed E-state index contributed by atoms with van der Waals surface area (Å²) in [6, 6.07) is 4.91. The first-order valence-corrected chi connectivity index (χ1v) is 7.84. The minimum atomic E-state index is -0.301. The van der Waals surface area contributed by atoms with E-state index in [1.165, 1.54) is 0 Å². The Kier molecular flexibility index (Phi) is 7.48. The molecule has 0 aliphatic heterocycles. The predicted octanol–water partition coefficient (Wildman–Crippen LogP) is 3.66. The van der Waals surface area contributed by atoms with Crippen LogP contribution < -0.4 is 15.4 Å². The summed E-state index contributed by atoms with van der Waals surface area (Å²) in [6.07, 6.45) is 1.64. The molecule has 1 aromatic carbocycles. The van der Waals surface area contributed by atoms with Gasteiger partial charge in [0, 0.05) is 13.2 Å².